The number of hydrogen-bond donors (Lipinski definition) is 0. The molecule has 0 amide bonds. The molecule has 0 spiro atoms. The zero-order valence-corrected chi connectivity index (χ0v) is 13.4. The van der Waals surface area contributed by atoms with Gasteiger partial charge < -0.3 is 9.15 Å². The van der Waals surface area contributed by atoms with Crippen LogP contribution in [-0.4, -0.2) is 64.7 Å². The molecule has 4 heterocycles. The Kier molecular flexibility index (Phi) is 4.11. The lowest BCUT2D eigenvalue weighted by atomic mass is 10.1. The number of hydrogen-bond acceptors (Lipinski definition) is 6. The van der Waals surface area contributed by atoms with Crippen molar-refractivity contribution in [3.05, 3.63) is 36.4 Å². The van der Waals surface area contributed by atoms with Crippen molar-refractivity contribution in [2.24, 2.45) is 0 Å². The molecule has 0 bridgehead atoms. The van der Waals surface area contributed by atoms with Gasteiger partial charge in [0.2, 0.25) is 0 Å². The number of piperazine rings is 1. The molecule has 2 aliphatic heterocycles. The maximum Gasteiger partial charge on any atom is 0.195 e. The topological polar surface area (TPSA) is 54.6 Å². The Morgan fingerprint density at radius 3 is 2.87 bits per heavy atom. The largest absolute Gasteiger partial charge is 0.461 e. The van der Waals surface area contributed by atoms with Gasteiger partial charge in [-0.3, -0.25) is 9.80 Å². The van der Waals surface area contributed by atoms with E-state index in [1.165, 1.54) is 0 Å². The summed E-state index contributed by atoms with van der Waals surface area (Å²) in [6, 6.07) is 4.76. The number of fused-ring (bicyclic) bond motifs is 1. The van der Waals surface area contributed by atoms with Crippen molar-refractivity contribution >= 4 is 0 Å². The minimum atomic E-state index is 0.510. The fourth-order valence-corrected chi connectivity index (χ4v) is 3.50. The summed E-state index contributed by atoms with van der Waals surface area (Å²) >= 11 is 0. The summed E-state index contributed by atoms with van der Waals surface area (Å²) in [5.74, 6) is 1.34. The zero-order chi connectivity index (χ0) is 15.6. The predicted octanol–water partition coefficient (Wildman–Crippen LogP) is 1.64. The summed E-state index contributed by atoms with van der Waals surface area (Å²) in [5.41, 5.74) is 1.14. The minimum Gasteiger partial charge on any atom is -0.461 e. The van der Waals surface area contributed by atoms with Gasteiger partial charge in [-0.05, 0) is 19.1 Å². The van der Waals surface area contributed by atoms with Crippen LogP contribution in [0.15, 0.2) is 35.2 Å². The second-order valence-corrected chi connectivity index (χ2v) is 6.41. The lowest BCUT2D eigenvalue weighted by Crippen LogP contribution is -2.60. The molecule has 2 aromatic rings. The first-order chi connectivity index (χ1) is 11.3. The predicted molar refractivity (Wildman–Crippen MR) is 85.8 cm³/mol. The molecule has 0 aromatic carbocycles. The highest BCUT2D eigenvalue weighted by atomic mass is 16.5. The Hall–Kier alpha value is -1.76. The van der Waals surface area contributed by atoms with E-state index in [0.717, 1.165) is 45.0 Å². The van der Waals surface area contributed by atoms with E-state index in [1.54, 1.807) is 6.26 Å². The molecule has 2 atom stereocenters. The number of morpholine rings is 1. The maximum atomic E-state index is 5.70. The average Bonchev–Trinajstić information content (AvgIpc) is 3.10. The first-order valence-corrected chi connectivity index (χ1v) is 8.20. The molecule has 0 N–H and O–H groups in total. The van der Waals surface area contributed by atoms with Crippen LogP contribution in [0.2, 0.25) is 0 Å². The molecular formula is C17H22N4O2. The summed E-state index contributed by atoms with van der Waals surface area (Å²) in [7, 11) is 0. The standard InChI is InChI=1S/C17H22N4O2/c1-13-11-22-12-15-10-20(4-5-21(13)15)9-14-7-18-17(19-8-14)16-3-2-6-23-16/h2-3,6-8,13,15H,4-5,9-12H2,1H3/t13-,15+/m0/s1. The third-order valence-electron chi connectivity index (χ3n) is 4.70. The van der Waals surface area contributed by atoms with Crippen LogP contribution >= 0.6 is 0 Å². The highest BCUT2D eigenvalue weighted by Crippen LogP contribution is 2.20. The fourth-order valence-electron chi connectivity index (χ4n) is 3.50. The average molecular weight is 314 g/mol. The van der Waals surface area contributed by atoms with Crippen LogP contribution in [0.3, 0.4) is 0 Å². The van der Waals surface area contributed by atoms with E-state index in [1.807, 2.05) is 24.5 Å². The van der Waals surface area contributed by atoms with Crippen molar-refractivity contribution in [3.63, 3.8) is 0 Å². The van der Waals surface area contributed by atoms with E-state index < -0.39 is 0 Å². The maximum absolute atomic E-state index is 5.70. The minimum absolute atomic E-state index is 0.510. The van der Waals surface area contributed by atoms with Crippen molar-refractivity contribution in [3.8, 4) is 11.6 Å². The lowest BCUT2D eigenvalue weighted by molar-refractivity contribution is -0.0766. The normalized spacial score (nSPS) is 26.1. The summed E-state index contributed by atoms with van der Waals surface area (Å²) in [5, 5.41) is 0. The molecule has 0 radical (unpaired) electrons. The number of aromatic nitrogens is 2. The van der Waals surface area contributed by atoms with Crippen LogP contribution in [0.1, 0.15) is 12.5 Å². The summed E-state index contributed by atoms with van der Waals surface area (Å²) in [4.78, 5) is 13.9. The number of furan rings is 1. The van der Waals surface area contributed by atoms with Gasteiger partial charge >= 0.3 is 0 Å². The Bertz CT molecular complexity index is 629. The second kappa shape index (κ2) is 6.39. The highest BCUT2D eigenvalue weighted by Gasteiger charge is 2.33. The molecular weight excluding hydrogens is 292 g/mol. The molecule has 2 saturated heterocycles. The molecule has 6 nitrogen and oxygen atoms in total. The first kappa shape index (κ1) is 14.8. The van der Waals surface area contributed by atoms with Crippen LogP contribution in [0.25, 0.3) is 11.6 Å². The second-order valence-electron chi connectivity index (χ2n) is 6.41. The summed E-state index contributed by atoms with van der Waals surface area (Å²) in [6.07, 6.45) is 5.44. The molecule has 2 aliphatic rings. The van der Waals surface area contributed by atoms with Gasteiger partial charge in [-0.25, -0.2) is 9.97 Å². The van der Waals surface area contributed by atoms with Crippen LogP contribution in [-0.2, 0) is 11.3 Å². The number of ether oxygens (including phenoxy) is 1. The molecule has 6 heteroatoms. The molecule has 4 rings (SSSR count). The van der Waals surface area contributed by atoms with Gasteiger partial charge in [0, 0.05) is 56.2 Å². The molecule has 0 aliphatic carbocycles. The zero-order valence-electron chi connectivity index (χ0n) is 13.4. The Balaban J connectivity index is 1.39. The van der Waals surface area contributed by atoms with Gasteiger partial charge in [-0.1, -0.05) is 0 Å². The Morgan fingerprint density at radius 1 is 1.22 bits per heavy atom. The van der Waals surface area contributed by atoms with Gasteiger partial charge in [-0.15, -0.1) is 0 Å². The van der Waals surface area contributed by atoms with Gasteiger partial charge in [-0.2, -0.15) is 0 Å². The van der Waals surface area contributed by atoms with Gasteiger partial charge in [0.05, 0.1) is 19.5 Å². The summed E-state index contributed by atoms with van der Waals surface area (Å²) < 4.78 is 11.0. The molecule has 2 fully saturated rings. The van der Waals surface area contributed by atoms with Crippen molar-refractivity contribution < 1.29 is 9.15 Å². The fraction of sp³-hybridized carbons (Fsp3) is 0.529. The van der Waals surface area contributed by atoms with Crippen molar-refractivity contribution in [2.75, 3.05) is 32.8 Å². The van der Waals surface area contributed by atoms with Crippen LogP contribution < -0.4 is 0 Å². The molecule has 0 saturated carbocycles. The van der Waals surface area contributed by atoms with Crippen LogP contribution in [0.5, 0.6) is 0 Å². The molecule has 122 valence electrons. The van der Waals surface area contributed by atoms with E-state index in [2.05, 4.69) is 26.7 Å². The lowest BCUT2D eigenvalue weighted by Gasteiger charge is -2.47. The number of rotatable bonds is 3. The first-order valence-electron chi connectivity index (χ1n) is 8.20. The third-order valence-corrected chi connectivity index (χ3v) is 4.70. The number of nitrogens with zero attached hydrogens (tertiary/aromatic N) is 4. The van der Waals surface area contributed by atoms with Gasteiger partial charge in [0.25, 0.3) is 0 Å². The molecule has 2 aromatic heterocycles. The van der Waals surface area contributed by atoms with Crippen molar-refractivity contribution in [2.45, 2.75) is 25.6 Å². The van der Waals surface area contributed by atoms with Crippen LogP contribution in [0.4, 0.5) is 0 Å². The molecule has 0 unspecified atom stereocenters. The van der Waals surface area contributed by atoms with Crippen LogP contribution in [0, 0.1) is 0 Å². The smallest absolute Gasteiger partial charge is 0.195 e. The van der Waals surface area contributed by atoms with E-state index in [0.29, 0.717) is 23.7 Å². The SMILES string of the molecule is C[C@H]1COC[C@H]2CN(Cc3cnc(-c4ccco4)nc3)CCN21. The Morgan fingerprint density at radius 2 is 2.09 bits per heavy atom. The van der Waals surface area contributed by atoms with Gasteiger partial charge in [0.15, 0.2) is 11.6 Å². The Labute approximate surface area is 136 Å². The highest BCUT2D eigenvalue weighted by molar-refractivity contribution is 5.45. The van der Waals surface area contributed by atoms with E-state index in [4.69, 9.17) is 9.15 Å². The van der Waals surface area contributed by atoms with E-state index >= 15 is 0 Å². The van der Waals surface area contributed by atoms with E-state index in [9.17, 15) is 0 Å². The van der Waals surface area contributed by atoms with Crippen molar-refractivity contribution in [1.29, 1.82) is 0 Å². The van der Waals surface area contributed by atoms with Gasteiger partial charge in [0.1, 0.15) is 0 Å². The summed E-state index contributed by atoms with van der Waals surface area (Å²) in [6.45, 7) is 8.08. The van der Waals surface area contributed by atoms with Crippen molar-refractivity contribution in [1.82, 2.24) is 19.8 Å². The molecule has 23 heavy (non-hydrogen) atoms. The quantitative estimate of drug-likeness (QED) is 0.858. The van der Waals surface area contributed by atoms with E-state index in [-0.39, 0.29) is 0 Å². The third kappa shape index (κ3) is 3.15. The monoisotopic (exact) mass is 314 g/mol.